The molecule has 0 heterocycles. The molecular weight excluding hydrogens is 246 g/mol. The van der Waals surface area contributed by atoms with Crippen molar-refractivity contribution in [1.29, 1.82) is 0 Å². The summed E-state index contributed by atoms with van der Waals surface area (Å²) in [7, 11) is 1.72. The average molecular weight is 273 g/mol. The summed E-state index contributed by atoms with van der Waals surface area (Å²) >= 11 is 0. The lowest BCUT2D eigenvalue weighted by Crippen LogP contribution is -2.39. The van der Waals surface area contributed by atoms with Gasteiger partial charge in [-0.3, -0.25) is 4.90 Å². The third-order valence-electron chi connectivity index (χ3n) is 3.51. The SMILES string of the molecule is CCOC(=O)COCCN(CCOC)C(C)C1CC1. The van der Waals surface area contributed by atoms with E-state index in [0.717, 1.165) is 25.6 Å². The number of carbonyl (C=O) groups is 1. The molecule has 1 atom stereocenters. The fourth-order valence-corrected chi connectivity index (χ4v) is 2.14. The van der Waals surface area contributed by atoms with Gasteiger partial charge in [-0.15, -0.1) is 0 Å². The Morgan fingerprint density at radius 1 is 1.32 bits per heavy atom. The van der Waals surface area contributed by atoms with Gasteiger partial charge in [0.25, 0.3) is 0 Å². The van der Waals surface area contributed by atoms with E-state index in [9.17, 15) is 4.79 Å². The molecule has 0 aromatic carbocycles. The molecule has 19 heavy (non-hydrogen) atoms. The van der Waals surface area contributed by atoms with Crippen molar-refractivity contribution in [1.82, 2.24) is 4.90 Å². The van der Waals surface area contributed by atoms with E-state index in [1.807, 2.05) is 0 Å². The van der Waals surface area contributed by atoms with E-state index in [1.165, 1.54) is 12.8 Å². The van der Waals surface area contributed by atoms with E-state index in [4.69, 9.17) is 14.2 Å². The molecule has 0 bridgehead atoms. The highest BCUT2D eigenvalue weighted by molar-refractivity contribution is 5.70. The van der Waals surface area contributed by atoms with Crippen molar-refractivity contribution in [2.45, 2.75) is 32.7 Å². The number of esters is 1. The van der Waals surface area contributed by atoms with Gasteiger partial charge in [0.15, 0.2) is 0 Å². The molecule has 112 valence electrons. The van der Waals surface area contributed by atoms with Crippen molar-refractivity contribution in [3.8, 4) is 0 Å². The van der Waals surface area contributed by atoms with Gasteiger partial charge < -0.3 is 14.2 Å². The topological polar surface area (TPSA) is 48.0 Å². The van der Waals surface area contributed by atoms with Crippen LogP contribution >= 0.6 is 0 Å². The van der Waals surface area contributed by atoms with Crippen LogP contribution < -0.4 is 0 Å². The van der Waals surface area contributed by atoms with Gasteiger partial charge in [-0.05, 0) is 32.6 Å². The Kier molecular flexibility index (Phi) is 8.02. The highest BCUT2D eigenvalue weighted by Crippen LogP contribution is 2.34. The summed E-state index contributed by atoms with van der Waals surface area (Å²) in [5, 5.41) is 0. The fourth-order valence-electron chi connectivity index (χ4n) is 2.14. The minimum atomic E-state index is -0.291. The van der Waals surface area contributed by atoms with E-state index in [1.54, 1.807) is 14.0 Å². The van der Waals surface area contributed by atoms with Gasteiger partial charge in [-0.2, -0.15) is 0 Å². The minimum absolute atomic E-state index is 0.0454. The van der Waals surface area contributed by atoms with Crippen molar-refractivity contribution in [2.75, 3.05) is 46.6 Å². The van der Waals surface area contributed by atoms with Gasteiger partial charge >= 0.3 is 5.97 Å². The molecule has 0 amide bonds. The molecular formula is C14H27NO4. The molecule has 1 saturated carbocycles. The number of methoxy groups -OCH3 is 1. The molecule has 1 unspecified atom stereocenters. The van der Waals surface area contributed by atoms with Crippen LogP contribution in [0.15, 0.2) is 0 Å². The van der Waals surface area contributed by atoms with Crippen LogP contribution in [-0.2, 0) is 19.0 Å². The monoisotopic (exact) mass is 273 g/mol. The quantitative estimate of drug-likeness (QED) is 0.420. The largest absolute Gasteiger partial charge is 0.464 e. The maximum absolute atomic E-state index is 11.1. The smallest absolute Gasteiger partial charge is 0.332 e. The molecule has 0 spiro atoms. The third kappa shape index (κ3) is 6.89. The van der Waals surface area contributed by atoms with Crippen LogP contribution in [0.1, 0.15) is 26.7 Å². The second-order valence-corrected chi connectivity index (χ2v) is 4.96. The summed E-state index contributed by atoms with van der Waals surface area (Å²) in [6.45, 7) is 7.54. The Balaban J connectivity index is 2.18. The first-order valence-corrected chi connectivity index (χ1v) is 7.15. The first-order valence-electron chi connectivity index (χ1n) is 7.15. The fraction of sp³-hybridized carbons (Fsp3) is 0.929. The van der Waals surface area contributed by atoms with E-state index in [-0.39, 0.29) is 12.6 Å². The van der Waals surface area contributed by atoms with Crippen molar-refractivity contribution in [2.24, 2.45) is 5.92 Å². The molecule has 1 aliphatic carbocycles. The van der Waals surface area contributed by atoms with Crippen LogP contribution in [0.2, 0.25) is 0 Å². The zero-order chi connectivity index (χ0) is 14.1. The van der Waals surface area contributed by atoms with Crippen LogP contribution in [-0.4, -0.2) is 63.5 Å². The summed E-state index contributed by atoms with van der Waals surface area (Å²) < 4.78 is 15.3. The number of hydrogen-bond donors (Lipinski definition) is 0. The van der Waals surface area contributed by atoms with Gasteiger partial charge in [0.1, 0.15) is 6.61 Å². The maximum atomic E-state index is 11.1. The Morgan fingerprint density at radius 3 is 2.58 bits per heavy atom. The molecule has 0 N–H and O–H groups in total. The Bertz CT molecular complexity index is 256. The van der Waals surface area contributed by atoms with Gasteiger partial charge in [0, 0.05) is 26.2 Å². The predicted octanol–water partition coefficient (Wildman–Crippen LogP) is 1.31. The van der Waals surface area contributed by atoms with Crippen LogP contribution in [0.4, 0.5) is 0 Å². The summed E-state index contributed by atoms with van der Waals surface area (Å²) in [6.07, 6.45) is 2.66. The summed E-state index contributed by atoms with van der Waals surface area (Å²) in [6, 6.07) is 0.571. The molecule has 1 fully saturated rings. The maximum Gasteiger partial charge on any atom is 0.332 e. The lowest BCUT2D eigenvalue weighted by Gasteiger charge is -2.28. The molecule has 1 aliphatic rings. The molecule has 1 rings (SSSR count). The van der Waals surface area contributed by atoms with E-state index in [0.29, 0.717) is 19.3 Å². The zero-order valence-corrected chi connectivity index (χ0v) is 12.4. The lowest BCUT2D eigenvalue weighted by atomic mass is 10.2. The van der Waals surface area contributed by atoms with Gasteiger partial charge in [-0.25, -0.2) is 4.79 Å². The third-order valence-corrected chi connectivity index (χ3v) is 3.51. The number of carbonyl (C=O) groups excluding carboxylic acids is 1. The summed E-state index contributed by atoms with van der Waals surface area (Å²) in [5.74, 6) is 0.531. The normalized spacial score (nSPS) is 16.6. The molecule has 0 saturated heterocycles. The number of rotatable bonds is 11. The Morgan fingerprint density at radius 2 is 2.00 bits per heavy atom. The second-order valence-electron chi connectivity index (χ2n) is 4.96. The van der Waals surface area contributed by atoms with Crippen LogP contribution in [0.3, 0.4) is 0 Å². The van der Waals surface area contributed by atoms with E-state index < -0.39 is 0 Å². The predicted molar refractivity (Wildman–Crippen MR) is 73.1 cm³/mol. The van der Waals surface area contributed by atoms with E-state index >= 15 is 0 Å². The second kappa shape index (κ2) is 9.28. The molecule has 5 nitrogen and oxygen atoms in total. The zero-order valence-electron chi connectivity index (χ0n) is 12.4. The molecule has 0 aromatic heterocycles. The van der Waals surface area contributed by atoms with Gasteiger partial charge in [0.05, 0.1) is 19.8 Å². The van der Waals surface area contributed by atoms with Gasteiger partial charge in [0.2, 0.25) is 0 Å². The molecule has 0 aromatic rings. The Labute approximate surface area is 116 Å². The summed E-state index contributed by atoms with van der Waals surface area (Å²) in [5.41, 5.74) is 0. The molecule has 5 heteroatoms. The first kappa shape index (κ1) is 16.4. The standard InChI is InChI=1S/C14H27NO4/c1-4-19-14(16)11-18-10-8-15(7-9-17-3)12(2)13-5-6-13/h12-13H,4-11H2,1-3H3. The molecule has 0 radical (unpaired) electrons. The van der Waals surface area contributed by atoms with Crippen LogP contribution in [0.5, 0.6) is 0 Å². The average Bonchev–Trinajstić information content (AvgIpc) is 3.22. The summed E-state index contributed by atoms with van der Waals surface area (Å²) in [4.78, 5) is 13.5. The number of ether oxygens (including phenoxy) is 3. The lowest BCUT2D eigenvalue weighted by molar-refractivity contribution is -0.148. The van der Waals surface area contributed by atoms with Crippen LogP contribution in [0.25, 0.3) is 0 Å². The van der Waals surface area contributed by atoms with Crippen molar-refractivity contribution < 1.29 is 19.0 Å². The van der Waals surface area contributed by atoms with E-state index in [2.05, 4.69) is 11.8 Å². The minimum Gasteiger partial charge on any atom is -0.464 e. The van der Waals surface area contributed by atoms with Crippen molar-refractivity contribution >= 4 is 5.97 Å². The number of nitrogens with zero attached hydrogens (tertiary/aromatic N) is 1. The highest BCUT2D eigenvalue weighted by Gasteiger charge is 2.31. The Hall–Kier alpha value is -0.650. The molecule has 0 aliphatic heterocycles. The number of hydrogen-bond acceptors (Lipinski definition) is 5. The highest BCUT2D eigenvalue weighted by atomic mass is 16.6. The van der Waals surface area contributed by atoms with Crippen LogP contribution in [0, 0.1) is 5.92 Å². The van der Waals surface area contributed by atoms with Crippen molar-refractivity contribution in [3.63, 3.8) is 0 Å². The van der Waals surface area contributed by atoms with Gasteiger partial charge in [-0.1, -0.05) is 0 Å². The first-order chi connectivity index (χ1) is 9.19. The van der Waals surface area contributed by atoms with Crippen molar-refractivity contribution in [3.05, 3.63) is 0 Å².